The fourth-order valence-electron chi connectivity index (χ4n) is 3.19. The van der Waals surface area contributed by atoms with Gasteiger partial charge in [0, 0.05) is 52.9 Å². The van der Waals surface area contributed by atoms with E-state index in [-0.39, 0.29) is 18.1 Å². The number of nitrogens with zero attached hydrogens (tertiary/aromatic N) is 3. The van der Waals surface area contributed by atoms with Gasteiger partial charge in [0.2, 0.25) is 5.82 Å². The Morgan fingerprint density at radius 1 is 1.38 bits per heavy atom. The fourth-order valence-corrected chi connectivity index (χ4v) is 3.50. The van der Waals surface area contributed by atoms with Crippen molar-refractivity contribution in [2.75, 3.05) is 13.1 Å². The van der Waals surface area contributed by atoms with Crippen LogP contribution in [0.4, 0.5) is 10.2 Å². The third kappa shape index (κ3) is 7.01. The van der Waals surface area contributed by atoms with Crippen molar-refractivity contribution in [3.05, 3.63) is 68.6 Å². The van der Waals surface area contributed by atoms with E-state index in [0.717, 1.165) is 12.9 Å². The Balaban J connectivity index is 1.83. The van der Waals surface area contributed by atoms with Crippen molar-refractivity contribution in [1.82, 2.24) is 15.6 Å². The molecule has 0 unspecified atom stereocenters. The number of amidine groups is 1. The molecule has 178 valence electrons. The summed E-state index contributed by atoms with van der Waals surface area (Å²) in [5.74, 6) is 0.551. The van der Waals surface area contributed by atoms with Crippen LogP contribution in [0, 0.1) is 27.5 Å². The monoisotopic (exact) mass is 529 g/mol. The van der Waals surface area contributed by atoms with E-state index in [4.69, 9.17) is 15.6 Å². The number of benzene rings is 1. The predicted octanol–water partition coefficient (Wildman–Crippen LogP) is 5.00. The van der Waals surface area contributed by atoms with Crippen LogP contribution in [0.3, 0.4) is 0 Å². The molecule has 0 spiro atoms. The molecule has 0 bridgehead atoms. The number of hydrogen-bond acceptors (Lipinski definition) is 7. The molecule has 1 fully saturated rings. The van der Waals surface area contributed by atoms with E-state index in [1.807, 2.05) is 0 Å². The van der Waals surface area contributed by atoms with Gasteiger partial charge in [-0.3, -0.25) is 5.41 Å². The molecule has 34 heavy (non-hydrogen) atoms. The lowest BCUT2D eigenvalue weighted by Gasteiger charge is -2.20. The summed E-state index contributed by atoms with van der Waals surface area (Å²) in [5, 5.41) is 24.4. The van der Waals surface area contributed by atoms with Crippen LogP contribution in [0.5, 0.6) is 5.75 Å². The topological polar surface area (TPSA) is 136 Å². The van der Waals surface area contributed by atoms with Crippen LogP contribution in [0.1, 0.15) is 37.0 Å². The van der Waals surface area contributed by atoms with E-state index in [1.54, 1.807) is 19.2 Å². The van der Waals surface area contributed by atoms with Crippen LogP contribution in [0.2, 0.25) is 0 Å². The van der Waals surface area contributed by atoms with Gasteiger partial charge in [0.25, 0.3) is 0 Å². The molecule has 1 atom stereocenters. The van der Waals surface area contributed by atoms with Gasteiger partial charge in [-0.05, 0) is 71.1 Å². The van der Waals surface area contributed by atoms with Crippen LogP contribution < -0.4 is 15.4 Å². The number of pyridine rings is 1. The SMILES string of the molecule is C[C@@H](Oc1cc(Br)cnc1N=O)c1cc(F)ccc1/C(=N/C=N)NC/C(C=N)=C/NCC1CC1. The molecule has 1 aromatic heterocycles. The van der Waals surface area contributed by atoms with Crippen molar-refractivity contribution in [2.45, 2.75) is 25.9 Å². The maximum atomic E-state index is 14.2. The Morgan fingerprint density at radius 2 is 2.18 bits per heavy atom. The Kier molecular flexibility index (Phi) is 8.97. The molecular formula is C23H25BrFN7O2. The minimum absolute atomic E-state index is 0.126. The molecule has 0 saturated heterocycles. The molecule has 1 saturated carbocycles. The molecule has 1 heterocycles. The van der Waals surface area contributed by atoms with Gasteiger partial charge in [0.15, 0.2) is 5.75 Å². The summed E-state index contributed by atoms with van der Waals surface area (Å²) >= 11 is 3.28. The smallest absolute Gasteiger partial charge is 0.239 e. The van der Waals surface area contributed by atoms with Crippen LogP contribution >= 0.6 is 15.9 Å². The molecule has 2 aromatic rings. The highest BCUT2D eigenvalue weighted by atomic mass is 79.9. The summed E-state index contributed by atoms with van der Waals surface area (Å²) < 4.78 is 20.7. The highest BCUT2D eigenvalue weighted by Gasteiger charge is 2.21. The van der Waals surface area contributed by atoms with Crippen LogP contribution in [0.15, 0.2) is 56.9 Å². The fraction of sp³-hybridized carbons (Fsp3) is 0.304. The van der Waals surface area contributed by atoms with Crippen LogP contribution in [-0.2, 0) is 0 Å². The normalized spacial score (nSPS) is 14.8. The second-order valence-electron chi connectivity index (χ2n) is 7.73. The first-order valence-corrected chi connectivity index (χ1v) is 11.4. The number of nitrogens with one attached hydrogen (secondary N) is 4. The predicted molar refractivity (Wildman–Crippen MR) is 134 cm³/mol. The maximum absolute atomic E-state index is 14.2. The lowest BCUT2D eigenvalue weighted by atomic mass is 10.0. The van der Waals surface area contributed by atoms with Gasteiger partial charge in [-0.15, -0.1) is 4.91 Å². The molecule has 0 aliphatic heterocycles. The van der Waals surface area contributed by atoms with Gasteiger partial charge in [0.05, 0.1) is 0 Å². The average molecular weight is 530 g/mol. The number of aromatic nitrogens is 1. The van der Waals surface area contributed by atoms with E-state index in [0.29, 0.717) is 32.9 Å². The second-order valence-corrected chi connectivity index (χ2v) is 8.65. The number of nitroso groups, excluding NO2 is 1. The molecule has 1 aliphatic carbocycles. The second kappa shape index (κ2) is 12.1. The summed E-state index contributed by atoms with van der Waals surface area (Å²) in [7, 11) is 0. The number of ether oxygens (including phenoxy) is 1. The summed E-state index contributed by atoms with van der Waals surface area (Å²) in [5.41, 5.74) is 1.64. The Bertz CT molecular complexity index is 1120. The zero-order chi connectivity index (χ0) is 24.5. The molecule has 1 aromatic carbocycles. The van der Waals surface area contributed by atoms with Gasteiger partial charge >= 0.3 is 0 Å². The van der Waals surface area contributed by atoms with Gasteiger partial charge in [-0.1, -0.05) is 0 Å². The number of halogens is 2. The van der Waals surface area contributed by atoms with Gasteiger partial charge < -0.3 is 20.8 Å². The third-order valence-corrected chi connectivity index (χ3v) is 5.56. The summed E-state index contributed by atoms with van der Waals surface area (Å²) in [4.78, 5) is 19.1. The zero-order valence-electron chi connectivity index (χ0n) is 18.5. The van der Waals surface area contributed by atoms with Crippen molar-refractivity contribution in [1.29, 1.82) is 10.8 Å². The minimum atomic E-state index is -0.710. The average Bonchev–Trinajstić information content (AvgIpc) is 3.65. The lowest BCUT2D eigenvalue weighted by Crippen LogP contribution is -2.29. The van der Waals surface area contributed by atoms with Crippen molar-refractivity contribution >= 4 is 40.1 Å². The first-order chi connectivity index (χ1) is 16.4. The Labute approximate surface area is 205 Å². The molecule has 1 aliphatic rings. The van der Waals surface area contributed by atoms with Crippen molar-refractivity contribution in [3.63, 3.8) is 0 Å². The first-order valence-electron chi connectivity index (χ1n) is 10.6. The number of aliphatic imine (C=N–C) groups is 1. The summed E-state index contributed by atoms with van der Waals surface area (Å²) in [6.07, 6.45) is 7.07. The van der Waals surface area contributed by atoms with E-state index in [1.165, 1.54) is 43.5 Å². The molecule has 4 N–H and O–H groups in total. The quantitative estimate of drug-likeness (QED) is 0.174. The van der Waals surface area contributed by atoms with Crippen molar-refractivity contribution < 1.29 is 9.13 Å². The molecule has 11 heteroatoms. The largest absolute Gasteiger partial charge is 0.482 e. The van der Waals surface area contributed by atoms with Gasteiger partial charge in [0.1, 0.15) is 24.1 Å². The highest BCUT2D eigenvalue weighted by molar-refractivity contribution is 9.10. The Hall–Kier alpha value is -3.47. The standard InChI is InChI=1S/C23H25BrFN7O2/c1-14(34-21-6-17(24)12-30-23(21)32-33)20-7-18(25)4-5-19(20)22(31-13-27)29-11-16(8-26)10-28-9-15-2-3-15/h4-8,10,12-15,26,28H,2-3,9,11H2,1H3,(H2,27,29,31)/b16-10+,26-8?/t14-/m1/s1. The lowest BCUT2D eigenvalue weighted by molar-refractivity contribution is 0.226. The number of rotatable bonds is 12. The van der Waals surface area contributed by atoms with Crippen molar-refractivity contribution in [3.8, 4) is 5.75 Å². The zero-order valence-corrected chi connectivity index (χ0v) is 20.1. The van der Waals surface area contributed by atoms with Crippen molar-refractivity contribution in [2.24, 2.45) is 16.1 Å². The summed E-state index contributed by atoms with van der Waals surface area (Å²) in [6.45, 7) is 2.84. The van der Waals surface area contributed by atoms with E-state index in [2.05, 4.69) is 41.7 Å². The van der Waals surface area contributed by atoms with E-state index in [9.17, 15) is 9.30 Å². The van der Waals surface area contributed by atoms with Crippen LogP contribution in [-0.4, -0.2) is 36.5 Å². The third-order valence-electron chi connectivity index (χ3n) is 5.13. The van der Waals surface area contributed by atoms with Gasteiger partial charge in [-0.25, -0.2) is 14.4 Å². The molecule has 3 rings (SSSR count). The molecule has 0 radical (unpaired) electrons. The van der Waals surface area contributed by atoms with E-state index >= 15 is 0 Å². The summed E-state index contributed by atoms with van der Waals surface area (Å²) in [6, 6.07) is 5.69. The minimum Gasteiger partial charge on any atom is -0.482 e. The first kappa shape index (κ1) is 25.2. The number of hydrogen-bond donors (Lipinski definition) is 4. The molecular weight excluding hydrogens is 505 g/mol. The highest BCUT2D eigenvalue weighted by Crippen LogP contribution is 2.33. The molecule has 9 nitrogen and oxygen atoms in total. The Morgan fingerprint density at radius 3 is 2.85 bits per heavy atom. The maximum Gasteiger partial charge on any atom is 0.239 e. The molecule has 0 amide bonds. The van der Waals surface area contributed by atoms with E-state index < -0.39 is 11.9 Å². The van der Waals surface area contributed by atoms with Crippen LogP contribution in [0.25, 0.3) is 0 Å². The van der Waals surface area contributed by atoms with Gasteiger partial charge in [-0.2, -0.15) is 0 Å².